The lowest BCUT2D eigenvalue weighted by Gasteiger charge is -2.48. The van der Waals surface area contributed by atoms with E-state index in [-0.39, 0.29) is 45.8 Å². The summed E-state index contributed by atoms with van der Waals surface area (Å²) in [5, 5.41) is 15.3. The topological polar surface area (TPSA) is 174 Å². The zero-order chi connectivity index (χ0) is 39.0. The average Bonchev–Trinajstić information content (AvgIpc) is 3.14. The van der Waals surface area contributed by atoms with E-state index in [4.69, 9.17) is 37.9 Å². The molecule has 0 unspecified atom stereocenters. The molecule has 2 N–H and O–H groups in total. The second-order valence-corrected chi connectivity index (χ2v) is 12.8. The number of esters is 4. The first-order valence-corrected chi connectivity index (χ1v) is 17.7. The van der Waals surface area contributed by atoms with Gasteiger partial charge in [0.05, 0.1) is 26.4 Å². The molecule has 1 fully saturated rings. The van der Waals surface area contributed by atoms with Crippen LogP contribution in [0.5, 0.6) is 0 Å². The first kappa shape index (κ1) is 42.0. The van der Waals surface area contributed by atoms with Crippen molar-refractivity contribution in [1.29, 1.82) is 0 Å². The fraction of sp³-hybridized carbons (Fsp3) is 0.450. The summed E-state index contributed by atoms with van der Waals surface area (Å²) >= 11 is 0. The second-order valence-electron chi connectivity index (χ2n) is 12.8. The van der Waals surface area contributed by atoms with Gasteiger partial charge in [0.25, 0.3) is 5.97 Å². The molecule has 1 aliphatic heterocycles. The lowest BCUT2D eigenvalue weighted by molar-refractivity contribution is -0.390. The monoisotopic (exact) mass is 751 g/mol. The Morgan fingerprint density at radius 2 is 1.11 bits per heavy atom. The van der Waals surface area contributed by atoms with Crippen LogP contribution in [0.4, 0.5) is 0 Å². The summed E-state index contributed by atoms with van der Waals surface area (Å²) in [4.78, 5) is 48.3. The molecule has 292 valence electrons. The van der Waals surface area contributed by atoms with Gasteiger partial charge in [-0.1, -0.05) is 91.0 Å². The minimum Gasteiger partial charge on any atom is -0.463 e. The van der Waals surface area contributed by atoms with Crippen LogP contribution >= 0.6 is 0 Å². The molecule has 3 aromatic carbocycles. The Morgan fingerprint density at radius 3 is 1.54 bits per heavy atom. The molecular weight excluding hydrogens is 702 g/mol. The van der Waals surface area contributed by atoms with Crippen molar-refractivity contribution >= 4 is 23.9 Å². The van der Waals surface area contributed by atoms with Crippen molar-refractivity contribution in [2.45, 2.75) is 96.5 Å². The van der Waals surface area contributed by atoms with E-state index in [1.807, 2.05) is 91.0 Å². The summed E-state index contributed by atoms with van der Waals surface area (Å²) < 4.78 is 46.8. The summed E-state index contributed by atoms with van der Waals surface area (Å²) in [7, 11) is 0. The molecule has 0 aliphatic carbocycles. The van der Waals surface area contributed by atoms with Gasteiger partial charge in [0, 0.05) is 34.1 Å². The van der Waals surface area contributed by atoms with Gasteiger partial charge in [-0.3, -0.25) is 19.2 Å². The van der Waals surface area contributed by atoms with Gasteiger partial charge in [0.2, 0.25) is 5.79 Å². The quantitative estimate of drug-likeness (QED) is 0.0731. The number of aliphatic hydroxyl groups is 1. The molecule has 54 heavy (non-hydrogen) atoms. The maximum absolute atomic E-state index is 12.3. The molecule has 0 spiro atoms. The molecule has 14 nitrogen and oxygen atoms in total. The normalized spacial score (nSPS) is 21.1. The Kier molecular flexibility index (Phi) is 16.1. The highest BCUT2D eigenvalue weighted by Gasteiger charge is 2.59. The molecule has 0 bridgehead atoms. The first-order chi connectivity index (χ1) is 25.9. The standard InChI is InChI=1S/C40H49NO13/c1-28(42)47-26-35-36(51-29(2)43)37(52-30(3)44)38(53-31(4)45)39(46,54-35)21-14-22-41-27-40(48-23-32-15-8-5-9-16-32,49-24-33-17-10-6-11-18-33)50-25-34-19-12-7-13-20-34/h5-13,15-20,35-38,41,46H,14,21-27H2,1-4H3/t35-,36-,37+,38-,39-/m1/s1. The van der Waals surface area contributed by atoms with E-state index < -0.39 is 66.7 Å². The Morgan fingerprint density at radius 1 is 0.667 bits per heavy atom. The average molecular weight is 752 g/mol. The van der Waals surface area contributed by atoms with Crippen molar-refractivity contribution < 1.29 is 62.2 Å². The molecule has 1 aliphatic rings. The largest absolute Gasteiger partial charge is 0.463 e. The molecule has 0 saturated carbocycles. The van der Waals surface area contributed by atoms with Gasteiger partial charge in [-0.15, -0.1) is 0 Å². The maximum Gasteiger partial charge on any atom is 0.303 e. The van der Waals surface area contributed by atoms with Crippen LogP contribution in [0, 0.1) is 0 Å². The van der Waals surface area contributed by atoms with Gasteiger partial charge in [-0.05, 0) is 29.7 Å². The number of ether oxygens (including phenoxy) is 8. The summed E-state index contributed by atoms with van der Waals surface area (Å²) in [5.41, 5.74) is 2.71. The number of benzene rings is 3. The Hall–Kier alpha value is -4.70. The molecule has 1 heterocycles. The van der Waals surface area contributed by atoms with Crippen LogP contribution in [0.25, 0.3) is 0 Å². The number of rotatable bonds is 20. The summed E-state index contributed by atoms with van der Waals surface area (Å²) in [6, 6.07) is 28.8. The van der Waals surface area contributed by atoms with Crippen molar-refractivity contribution in [3.63, 3.8) is 0 Å². The fourth-order valence-electron chi connectivity index (χ4n) is 5.85. The van der Waals surface area contributed by atoms with Crippen LogP contribution in [0.15, 0.2) is 91.0 Å². The highest BCUT2D eigenvalue weighted by Crippen LogP contribution is 2.37. The molecule has 14 heteroatoms. The third kappa shape index (κ3) is 13.3. The van der Waals surface area contributed by atoms with Crippen LogP contribution in [0.2, 0.25) is 0 Å². The van der Waals surface area contributed by atoms with Crippen molar-refractivity contribution in [1.82, 2.24) is 5.32 Å². The lowest BCUT2D eigenvalue weighted by Crippen LogP contribution is -2.68. The van der Waals surface area contributed by atoms with Gasteiger partial charge >= 0.3 is 23.9 Å². The SMILES string of the molecule is CC(=O)OC[C@H]1O[C@](O)(CCCNCC(OCc2ccccc2)(OCc2ccccc2)OCc2ccccc2)[C@H](OC(C)=O)[C@@H](OC(C)=O)[C@@H]1OC(C)=O. The highest BCUT2D eigenvalue weighted by atomic mass is 16.9. The summed E-state index contributed by atoms with van der Waals surface area (Å²) in [5.74, 6) is -6.91. The molecule has 1 saturated heterocycles. The minimum atomic E-state index is -2.27. The number of hydrogen-bond donors (Lipinski definition) is 2. The fourth-order valence-corrected chi connectivity index (χ4v) is 5.85. The third-order valence-electron chi connectivity index (χ3n) is 8.27. The maximum atomic E-state index is 12.3. The van der Waals surface area contributed by atoms with Crippen LogP contribution in [0.1, 0.15) is 57.2 Å². The molecule has 3 aromatic rings. The van der Waals surface area contributed by atoms with Crippen LogP contribution in [-0.2, 0) is 76.9 Å². The van der Waals surface area contributed by atoms with E-state index in [0.29, 0.717) is 0 Å². The van der Waals surface area contributed by atoms with Crippen molar-refractivity contribution in [2.24, 2.45) is 0 Å². The van der Waals surface area contributed by atoms with E-state index in [9.17, 15) is 24.3 Å². The van der Waals surface area contributed by atoms with Gasteiger partial charge in [0.1, 0.15) is 12.7 Å². The summed E-state index contributed by atoms with van der Waals surface area (Å²) in [6.07, 6.45) is -5.77. The first-order valence-electron chi connectivity index (χ1n) is 17.7. The van der Waals surface area contributed by atoms with Crippen molar-refractivity contribution in [3.8, 4) is 0 Å². The molecular formula is C40H49NO13. The number of carbonyl (C=O) groups excluding carboxylic acids is 4. The van der Waals surface area contributed by atoms with E-state index in [0.717, 1.165) is 37.5 Å². The van der Waals surface area contributed by atoms with Crippen LogP contribution in [-0.4, -0.2) is 84.9 Å². The zero-order valence-corrected chi connectivity index (χ0v) is 31.0. The number of hydrogen-bond acceptors (Lipinski definition) is 14. The molecule has 0 radical (unpaired) electrons. The van der Waals surface area contributed by atoms with Gasteiger partial charge < -0.3 is 48.3 Å². The van der Waals surface area contributed by atoms with Crippen LogP contribution in [0.3, 0.4) is 0 Å². The Labute approximate surface area is 314 Å². The molecule has 0 aromatic heterocycles. The number of carbonyl (C=O) groups is 4. The summed E-state index contributed by atoms with van der Waals surface area (Å²) in [6.45, 7) is 4.86. The van der Waals surface area contributed by atoms with Gasteiger partial charge in [-0.2, -0.15) is 0 Å². The Bertz CT molecular complexity index is 1520. The smallest absolute Gasteiger partial charge is 0.303 e. The van der Waals surface area contributed by atoms with E-state index in [2.05, 4.69) is 5.32 Å². The highest BCUT2D eigenvalue weighted by molar-refractivity contribution is 5.68. The minimum absolute atomic E-state index is 0.0475. The predicted molar refractivity (Wildman–Crippen MR) is 192 cm³/mol. The molecule has 4 rings (SSSR count). The second kappa shape index (κ2) is 20.7. The number of nitrogens with one attached hydrogen (secondary N) is 1. The zero-order valence-electron chi connectivity index (χ0n) is 31.0. The van der Waals surface area contributed by atoms with Crippen molar-refractivity contribution in [3.05, 3.63) is 108 Å². The van der Waals surface area contributed by atoms with E-state index >= 15 is 0 Å². The van der Waals surface area contributed by atoms with Gasteiger partial charge in [-0.25, -0.2) is 0 Å². The van der Waals surface area contributed by atoms with E-state index in [1.165, 1.54) is 6.92 Å². The van der Waals surface area contributed by atoms with Gasteiger partial charge in [0.15, 0.2) is 18.3 Å². The molecule has 0 amide bonds. The lowest BCUT2D eigenvalue weighted by atomic mass is 9.89. The predicted octanol–water partition coefficient (Wildman–Crippen LogP) is 4.11. The third-order valence-corrected chi connectivity index (χ3v) is 8.27. The Balaban J connectivity index is 1.54. The van der Waals surface area contributed by atoms with Crippen LogP contribution < -0.4 is 5.32 Å². The molecule has 5 atom stereocenters. The van der Waals surface area contributed by atoms with E-state index in [1.54, 1.807) is 0 Å². The van der Waals surface area contributed by atoms with Crippen molar-refractivity contribution in [2.75, 3.05) is 19.7 Å².